The third kappa shape index (κ3) is 3.45. The van der Waals surface area contributed by atoms with Gasteiger partial charge in [0.25, 0.3) is 0 Å². The van der Waals surface area contributed by atoms with Crippen molar-refractivity contribution in [2.45, 2.75) is 39.7 Å². The van der Waals surface area contributed by atoms with E-state index >= 15 is 0 Å². The van der Waals surface area contributed by atoms with Gasteiger partial charge >= 0.3 is 0 Å². The molecule has 72 valence electrons. The molecule has 0 aromatic carbocycles. The van der Waals surface area contributed by atoms with Crippen molar-refractivity contribution in [2.75, 3.05) is 5.32 Å². The monoisotopic (exact) mass is 178 g/mol. The molecule has 0 aliphatic heterocycles. The Morgan fingerprint density at radius 3 is 2.77 bits per heavy atom. The maximum absolute atomic E-state index is 4.23. The first-order valence-electron chi connectivity index (χ1n) is 4.91. The summed E-state index contributed by atoms with van der Waals surface area (Å²) in [5.41, 5.74) is 2.18. The van der Waals surface area contributed by atoms with Gasteiger partial charge < -0.3 is 5.32 Å². The maximum Gasteiger partial charge on any atom is 0.0528 e. The summed E-state index contributed by atoms with van der Waals surface area (Å²) in [5, 5.41) is 3.41. The van der Waals surface area contributed by atoms with Gasteiger partial charge in [-0.25, -0.2) is 0 Å². The molecule has 1 aromatic heterocycles. The number of nitrogens with zero attached hydrogens (tertiary/aromatic N) is 1. The molecule has 0 aliphatic carbocycles. The molecule has 0 saturated heterocycles. The fourth-order valence-electron chi connectivity index (χ4n) is 1.34. The Hall–Kier alpha value is -1.05. The van der Waals surface area contributed by atoms with Crippen LogP contribution in [0.5, 0.6) is 0 Å². The first kappa shape index (κ1) is 10.0. The second-order valence-corrected chi connectivity index (χ2v) is 3.52. The van der Waals surface area contributed by atoms with Crippen molar-refractivity contribution in [3.05, 3.63) is 24.0 Å². The quantitative estimate of drug-likeness (QED) is 0.766. The Balaban J connectivity index is 2.49. The third-order valence-electron chi connectivity index (χ3n) is 2.05. The number of pyridine rings is 1. The molecule has 0 spiro atoms. The molecular formula is C11H18N2. The van der Waals surface area contributed by atoms with Crippen LogP contribution in [0.3, 0.4) is 0 Å². The van der Waals surface area contributed by atoms with Crippen molar-refractivity contribution >= 4 is 5.69 Å². The van der Waals surface area contributed by atoms with Crippen LogP contribution in [0.1, 0.15) is 32.4 Å². The largest absolute Gasteiger partial charge is 0.381 e. The predicted molar refractivity (Wildman–Crippen MR) is 57.0 cm³/mol. The number of rotatable bonds is 4. The van der Waals surface area contributed by atoms with Gasteiger partial charge in [-0.05, 0) is 32.4 Å². The van der Waals surface area contributed by atoms with E-state index in [1.807, 2.05) is 19.2 Å². The van der Waals surface area contributed by atoms with Crippen LogP contribution < -0.4 is 5.32 Å². The second-order valence-electron chi connectivity index (χ2n) is 3.52. The molecule has 2 nitrogen and oxygen atoms in total. The molecule has 13 heavy (non-hydrogen) atoms. The van der Waals surface area contributed by atoms with Gasteiger partial charge in [-0.2, -0.15) is 0 Å². The molecule has 0 bridgehead atoms. The number of nitrogens with one attached hydrogen (secondary N) is 1. The zero-order chi connectivity index (χ0) is 9.68. The van der Waals surface area contributed by atoms with Crippen LogP contribution >= 0.6 is 0 Å². The number of aromatic nitrogens is 1. The molecule has 1 aromatic rings. The lowest BCUT2D eigenvalue weighted by Crippen LogP contribution is -2.14. The van der Waals surface area contributed by atoms with Gasteiger partial charge in [0.15, 0.2) is 0 Å². The van der Waals surface area contributed by atoms with E-state index < -0.39 is 0 Å². The van der Waals surface area contributed by atoms with Gasteiger partial charge in [0, 0.05) is 11.7 Å². The predicted octanol–water partition coefficient (Wildman–Crippen LogP) is 2.99. The number of hydrogen-bond acceptors (Lipinski definition) is 2. The molecule has 1 heterocycles. The summed E-state index contributed by atoms with van der Waals surface area (Å²) < 4.78 is 0. The molecule has 0 aliphatic rings. The van der Waals surface area contributed by atoms with Gasteiger partial charge in [-0.15, -0.1) is 0 Å². The van der Waals surface area contributed by atoms with Crippen LogP contribution in [0, 0.1) is 6.92 Å². The lowest BCUT2D eigenvalue weighted by atomic mass is 10.2. The van der Waals surface area contributed by atoms with Gasteiger partial charge in [0.2, 0.25) is 0 Å². The Kier molecular flexibility index (Phi) is 3.74. The zero-order valence-electron chi connectivity index (χ0n) is 8.67. The van der Waals surface area contributed by atoms with Crippen molar-refractivity contribution in [1.82, 2.24) is 4.98 Å². The molecule has 1 N–H and O–H groups in total. The summed E-state index contributed by atoms with van der Waals surface area (Å²) in [4.78, 5) is 4.23. The first-order valence-corrected chi connectivity index (χ1v) is 4.91. The average Bonchev–Trinajstić information content (AvgIpc) is 2.09. The highest BCUT2D eigenvalue weighted by atomic mass is 14.9. The molecule has 1 rings (SSSR count). The molecule has 0 amide bonds. The molecule has 0 radical (unpaired) electrons. The third-order valence-corrected chi connectivity index (χ3v) is 2.05. The van der Waals surface area contributed by atoms with E-state index in [0.29, 0.717) is 6.04 Å². The Bertz CT molecular complexity index is 241. The SMILES string of the molecule is CCC[C@H](C)Nc1ccc(C)nc1. The van der Waals surface area contributed by atoms with Crippen molar-refractivity contribution < 1.29 is 0 Å². The smallest absolute Gasteiger partial charge is 0.0528 e. The second kappa shape index (κ2) is 4.85. The van der Waals surface area contributed by atoms with E-state index in [4.69, 9.17) is 0 Å². The average molecular weight is 178 g/mol. The Labute approximate surface area is 80.4 Å². The normalized spacial score (nSPS) is 12.5. The summed E-state index contributed by atoms with van der Waals surface area (Å²) in [7, 11) is 0. The van der Waals surface area contributed by atoms with Crippen LogP contribution in [-0.2, 0) is 0 Å². The standard InChI is InChI=1S/C11H18N2/c1-4-5-10(3)13-11-7-6-9(2)12-8-11/h6-8,10,13H,4-5H2,1-3H3/t10-/m0/s1. The molecule has 2 heteroatoms. The number of hydrogen-bond donors (Lipinski definition) is 1. The highest BCUT2D eigenvalue weighted by molar-refractivity contribution is 5.41. The molecule has 0 unspecified atom stereocenters. The van der Waals surface area contributed by atoms with E-state index in [1.165, 1.54) is 12.8 Å². The summed E-state index contributed by atoms with van der Waals surface area (Å²) >= 11 is 0. The fraction of sp³-hybridized carbons (Fsp3) is 0.545. The van der Waals surface area contributed by atoms with E-state index in [0.717, 1.165) is 11.4 Å². The van der Waals surface area contributed by atoms with Crippen LogP contribution in [0.15, 0.2) is 18.3 Å². The van der Waals surface area contributed by atoms with Crippen LogP contribution in [0.2, 0.25) is 0 Å². The lowest BCUT2D eigenvalue weighted by molar-refractivity contribution is 0.690. The van der Waals surface area contributed by atoms with Crippen LogP contribution in [-0.4, -0.2) is 11.0 Å². The zero-order valence-corrected chi connectivity index (χ0v) is 8.67. The van der Waals surface area contributed by atoms with Gasteiger partial charge in [0.05, 0.1) is 11.9 Å². The maximum atomic E-state index is 4.23. The van der Waals surface area contributed by atoms with Crippen molar-refractivity contribution in [2.24, 2.45) is 0 Å². The summed E-state index contributed by atoms with van der Waals surface area (Å²) in [5.74, 6) is 0. The van der Waals surface area contributed by atoms with E-state index in [2.05, 4.69) is 30.2 Å². The summed E-state index contributed by atoms with van der Waals surface area (Å²) in [6.07, 6.45) is 4.31. The lowest BCUT2D eigenvalue weighted by Gasteiger charge is -2.13. The van der Waals surface area contributed by atoms with E-state index in [1.54, 1.807) is 0 Å². The molecular weight excluding hydrogens is 160 g/mol. The van der Waals surface area contributed by atoms with Crippen molar-refractivity contribution in [1.29, 1.82) is 0 Å². The van der Waals surface area contributed by atoms with Gasteiger partial charge in [0.1, 0.15) is 0 Å². The van der Waals surface area contributed by atoms with Crippen molar-refractivity contribution in [3.8, 4) is 0 Å². The Morgan fingerprint density at radius 1 is 1.46 bits per heavy atom. The summed E-state index contributed by atoms with van der Waals surface area (Å²) in [6, 6.07) is 4.64. The minimum atomic E-state index is 0.537. The Morgan fingerprint density at radius 2 is 2.23 bits per heavy atom. The summed E-state index contributed by atoms with van der Waals surface area (Å²) in [6.45, 7) is 6.40. The van der Waals surface area contributed by atoms with Gasteiger partial charge in [-0.1, -0.05) is 13.3 Å². The highest BCUT2D eigenvalue weighted by Crippen LogP contribution is 2.09. The minimum absolute atomic E-state index is 0.537. The molecule has 0 fully saturated rings. The van der Waals surface area contributed by atoms with E-state index in [9.17, 15) is 0 Å². The number of aryl methyl sites for hydroxylation is 1. The number of anilines is 1. The minimum Gasteiger partial charge on any atom is -0.381 e. The van der Waals surface area contributed by atoms with Crippen LogP contribution in [0.25, 0.3) is 0 Å². The van der Waals surface area contributed by atoms with E-state index in [-0.39, 0.29) is 0 Å². The first-order chi connectivity index (χ1) is 6.22. The topological polar surface area (TPSA) is 24.9 Å². The fourth-order valence-corrected chi connectivity index (χ4v) is 1.34. The van der Waals surface area contributed by atoms with Crippen LogP contribution in [0.4, 0.5) is 5.69 Å². The van der Waals surface area contributed by atoms with Crippen molar-refractivity contribution in [3.63, 3.8) is 0 Å². The highest BCUT2D eigenvalue weighted by Gasteiger charge is 1.99. The molecule has 0 saturated carbocycles. The van der Waals surface area contributed by atoms with Gasteiger partial charge in [-0.3, -0.25) is 4.98 Å². The molecule has 1 atom stereocenters.